The van der Waals surface area contributed by atoms with Crippen LogP contribution >= 0.6 is 0 Å². The van der Waals surface area contributed by atoms with Gasteiger partial charge in [0.05, 0.1) is 38.6 Å². The van der Waals surface area contributed by atoms with Gasteiger partial charge in [-0.05, 0) is 59.7 Å². The van der Waals surface area contributed by atoms with Gasteiger partial charge in [-0.1, -0.05) is 66.7 Å². The zero-order valence-electron chi connectivity index (χ0n) is 19.6. The monoisotopic (exact) mass is 444 g/mol. The van der Waals surface area contributed by atoms with E-state index in [4.69, 9.17) is 18.9 Å². The van der Waals surface area contributed by atoms with Gasteiger partial charge >= 0.3 is 0 Å². The van der Waals surface area contributed by atoms with Crippen molar-refractivity contribution in [3.8, 4) is 22.3 Å². The molecule has 2 fully saturated rings. The maximum atomic E-state index is 5.95. The molecule has 0 spiro atoms. The summed E-state index contributed by atoms with van der Waals surface area (Å²) in [6.45, 7) is 9.36. The van der Waals surface area contributed by atoms with Crippen LogP contribution in [-0.4, -0.2) is 38.6 Å². The zero-order valence-corrected chi connectivity index (χ0v) is 19.6. The van der Waals surface area contributed by atoms with Gasteiger partial charge in [0.15, 0.2) is 0 Å². The van der Waals surface area contributed by atoms with Crippen molar-refractivity contribution in [2.75, 3.05) is 26.4 Å². The largest absolute Gasteiger partial charge is 0.371 e. The highest BCUT2D eigenvalue weighted by atomic mass is 16.6. The van der Waals surface area contributed by atoms with Crippen molar-refractivity contribution in [1.29, 1.82) is 0 Å². The SMILES string of the molecule is Cc1cc(-c2ccc(-c3ccc(C(C)OCC4CO4)cc3)cc2)ccc1C(C)OCC1CO1. The van der Waals surface area contributed by atoms with Crippen molar-refractivity contribution in [2.24, 2.45) is 0 Å². The molecule has 0 radical (unpaired) electrons. The average molecular weight is 445 g/mol. The lowest BCUT2D eigenvalue weighted by atomic mass is 9.95. The first kappa shape index (κ1) is 22.3. The van der Waals surface area contributed by atoms with E-state index in [-0.39, 0.29) is 12.2 Å². The second-order valence-corrected chi connectivity index (χ2v) is 9.13. The van der Waals surface area contributed by atoms with E-state index < -0.39 is 0 Å². The summed E-state index contributed by atoms with van der Waals surface area (Å²) in [6, 6.07) is 24.1. The Morgan fingerprint density at radius 2 is 1.15 bits per heavy atom. The first-order valence-electron chi connectivity index (χ1n) is 11.8. The summed E-state index contributed by atoms with van der Waals surface area (Å²) in [5.74, 6) is 0. The van der Waals surface area contributed by atoms with Crippen LogP contribution in [0.2, 0.25) is 0 Å². The van der Waals surface area contributed by atoms with Crippen LogP contribution in [0.4, 0.5) is 0 Å². The Morgan fingerprint density at radius 3 is 1.67 bits per heavy atom. The summed E-state index contributed by atoms with van der Waals surface area (Å²) in [6.07, 6.45) is 0.737. The van der Waals surface area contributed by atoms with E-state index in [1.165, 1.54) is 38.9 Å². The molecule has 172 valence electrons. The molecular weight excluding hydrogens is 412 g/mol. The van der Waals surface area contributed by atoms with Crippen LogP contribution in [0.25, 0.3) is 22.3 Å². The van der Waals surface area contributed by atoms with Crippen LogP contribution in [0, 0.1) is 6.92 Å². The Morgan fingerprint density at radius 1 is 0.697 bits per heavy atom. The highest BCUT2D eigenvalue weighted by molar-refractivity contribution is 5.71. The molecule has 0 aromatic heterocycles. The molecule has 0 bridgehead atoms. The van der Waals surface area contributed by atoms with Gasteiger partial charge in [0.2, 0.25) is 0 Å². The molecule has 3 aromatic carbocycles. The topological polar surface area (TPSA) is 43.5 Å². The van der Waals surface area contributed by atoms with E-state index in [1.54, 1.807) is 0 Å². The van der Waals surface area contributed by atoms with Crippen LogP contribution < -0.4 is 0 Å². The molecule has 0 aliphatic carbocycles. The molecule has 5 rings (SSSR count). The van der Waals surface area contributed by atoms with Gasteiger partial charge in [-0.3, -0.25) is 0 Å². The summed E-state index contributed by atoms with van der Waals surface area (Å²) >= 11 is 0. The van der Waals surface area contributed by atoms with Gasteiger partial charge in [0, 0.05) is 0 Å². The molecule has 4 unspecified atom stereocenters. The first-order chi connectivity index (χ1) is 16.1. The molecule has 2 saturated heterocycles. The highest BCUT2D eigenvalue weighted by Gasteiger charge is 2.24. The van der Waals surface area contributed by atoms with Gasteiger partial charge < -0.3 is 18.9 Å². The summed E-state index contributed by atoms with van der Waals surface area (Å²) in [5, 5.41) is 0. The van der Waals surface area contributed by atoms with Gasteiger partial charge in [0.1, 0.15) is 12.2 Å². The summed E-state index contributed by atoms with van der Waals surface area (Å²) in [4.78, 5) is 0. The number of epoxide rings is 2. The van der Waals surface area contributed by atoms with Gasteiger partial charge in [-0.2, -0.15) is 0 Å². The summed E-state index contributed by atoms with van der Waals surface area (Å²) in [5.41, 5.74) is 8.54. The van der Waals surface area contributed by atoms with E-state index >= 15 is 0 Å². The van der Waals surface area contributed by atoms with Crippen LogP contribution in [0.3, 0.4) is 0 Å². The first-order valence-corrected chi connectivity index (χ1v) is 11.8. The molecule has 4 heteroatoms. The minimum Gasteiger partial charge on any atom is -0.371 e. The van der Waals surface area contributed by atoms with E-state index in [9.17, 15) is 0 Å². The third kappa shape index (κ3) is 5.71. The molecule has 2 heterocycles. The number of benzene rings is 3. The lowest BCUT2D eigenvalue weighted by molar-refractivity contribution is 0.0536. The van der Waals surface area contributed by atoms with Crippen molar-refractivity contribution in [2.45, 2.75) is 45.2 Å². The summed E-state index contributed by atoms with van der Waals surface area (Å²) in [7, 11) is 0. The fourth-order valence-electron chi connectivity index (χ4n) is 4.13. The maximum absolute atomic E-state index is 5.95. The van der Waals surface area contributed by atoms with Crippen molar-refractivity contribution in [1.82, 2.24) is 0 Å². The van der Waals surface area contributed by atoms with Crippen LogP contribution in [-0.2, 0) is 18.9 Å². The number of hydrogen-bond donors (Lipinski definition) is 0. The molecule has 3 aromatic rings. The molecule has 2 aliphatic rings. The van der Waals surface area contributed by atoms with Crippen LogP contribution in [0.15, 0.2) is 66.7 Å². The molecule has 0 saturated carbocycles. The normalized spacial score (nSPS) is 20.9. The third-order valence-electron chi connectivity index (χ3n) is 6.51. The molecule has 0 amide bonds. The quantitative estimate of drug-likeness (QED) is 0.345. The molecule has 33 heavy (non-hydrogen) atoms. The van der Waals surface area contributed by atoms with Crippen molar-refractivity contribution >= 4 is 0 Å². The Hall–Kier alpha value is -2.50. The van der Waals surface area contributed by atoms with Gasteiger partial charge in [-0.15, -0.1) is 0 Å². The Bertz CT molecular complexity index is 1070. The van der Waals surface area contributed by atoms with Gasteiger partial charge in [0.25, 0.3) is 0 Å². The zero-order chi connectivity index (χ0) is 22.8. The number of ether oxygens (including phenoxy) is 4. The van der Waals surface area contributed by atoms with E-state index in [2.05, 4.69) is 87.5 Å². The fraction of sp³-hybridized carbons (Fsp3) is 0.379. The fourth-order valence-corrected chi connectivity index (χ4v) is 4.13. The lowest BCUT2D eigenvalue weighted by Crippen LogP contribution is -2.07. The third-order valence-corrected chi connectivity index (χ3v) is 6.51. The lowest BCUT2D eigenvalue weighted by Gasteiger charge is -2.16. The minimum absolute atomic E-state index is 0.0729. The standard InChI is InChI=1S/C29H32O4/c1-19-14-26(12-13-29(19)21(3)31-16-28-18-33-28)25-10-8-24(9-11-25)23-6-4-22(5-7-23)20(2)30-15-27-17-32-27/h4-14,20-21,27-28H,15-18H2,1-3H3. The maximum Gasteiger partial charge on any atom is 0.104 e. The van der Waals surface area contributed by atoms with Crippen molar-refractivity contribution in [3.63, 3.8) is 0 Å². The minimum atomic E-state index is 0.0729. The molecular formula is C29H32O4. The number of hydrogen-bond acceptors (Lipinski definition) is 4. The predicted octanol–water partition coefficient (Wildman–Crippen LogP) is 6.28. The van der Waals surface area contributed by atoms with E-state index in [0.29, 0.717) is 25.4 Å². The summed E-state index contributed by atoms with van der Waals surface area (Å²) < 4.78 is 22.3. The Labute approximate surface area is 196 Å². The molecule has 4 nitrogen and oxygen atoms in total. The molecule has 2 aliphatic heterocycles. The molecule has 4 atom stereocenters. The van der Waals surface area contributed by atoms with E-state index in [0.717, 1.165) is 13.2 Å². The predicted molar refractivity (Wildman–Crippen MR) is 130 cm³/mol. The molecule has 0 N–H and O–H groups in total. The smallest absolute Gasteiger partial charge is 0.104 e. The Balaban J connectivity index is 1.23. The Kier molecular flexibility index (Phi) is 6.61. The number of rotatable bonds is 10. The highest BCUT2D eigenvalue weighted by Crippen LogP contribution is 2.30. The number of aryl methyl sites for hydroxylation is 1. The van der Waals surface area contributed by atoms with E-state index in [1.807, 2.05) is 0 Å². The van der Waals surface area contributed by atoms with Crippen molar-refractivity contribution < 1.29 is 18.9 Å². The second kappa shape index (κ2) is 9.78. The second-order valence-electron chi connectivity index (χ2n) is 9.13. The van der Waals surface area contributed by atoms with Crippen LogP contribution in [0.5, 0.6) is 0 Å². The van der Waals surface area contributed by atoms with Crippen molar-refractivity contribution in [3.05, 3.63) is 83.4 Å². The van der Waals surface area contributed by atoms with Gasteiger partial charge in [-0.25, -0.2) is 0 Å². The van der Waals surface area contributed by atoms with Crippen LogP contribution in [0.1, 0.15) is 42.7 Å². The average Bonchev–Trinajstić information content (AvgIpc) is 3.76.